The average molecular weight is 457 g/mol. The number of furan rings is 1. The minimum atomic E-state index is -3.71. The molecule has 1 aromatic heterocycles. The van der Waals surface area contributed by atoms with Crippen molar-refractivity contribution in [3.05, 3.63) is 40.8 Å². The van der Waals surface area contributed by atoms with Gasteiger partial charge in [-0.15, -0.1) is 0 Å². The van der Waals surface area contributed by atoms with Crippen LogP contribution in [0.15, 0.2) is 44.3 Å². The van der Waals surface area contributed by atoms with E-state index in [9.17, 15) is 13.2 Å². The number of anilines is 1. The largest absolute Gasteiger partial charge is 0.492 e. The van der Waals surface area contributed by atoms with Crippen LogP contribution in [0.2, 0.25) is 0 Å². The third-order valence-corrected chi connectivity index (χ3v) is 6.58. The smallest absolute Gasteiger partial charge is 0.291 e. The van der Waals surface area contributed by atoms with Crippen LogP contribution in [0.25, 0.3) is 0 Å². The highest BCUT2D eigenvalue weighted by molar-refractivity contribution is 9.10. The molecule has 0 aliphatic carbocycles. The quantitative estimate of drug-likeness (QED) is 0.712. The first-order chi connectivity index (χ1) is 12.9. The van der Waals surface area contributed by atoms with Crippen molar-refractivity contribution in [2.75, 3.05) is 25.0 Å². The Morgan fingerprint density at radius 3 is 2.59 bits per heavy atom. The molecule has 0 bridgehead atoms. The molecule has 9 heteroatoms. The fourth-order valence-corrected chi connectivity index (χ4v) is 4.92. The Balaban J connectivity index is 1.91. The van der Waals surface area contributed by atoms with E-state index in [-0.39, 0.29) is 16.4 Å². The van der Waals surface area contributed by atoms with Crippen molar-refractivity contribution < 1.29 is 22.4 Å². The molecule has 0 radical (unpaired) electrons. The Kier molecular flexibility index (Phi) is 6.23. The molecule has 0 spiro atoms. The minimum absolute atomic E-state index is 0.0599. The van der Waals surface area contributed by atoms with Crippen molar-refractivity contribution in [3.8, 4) is 5.75 Å². The molecule has 27 heavy (non-hydrogen) atoms. The van der Waals surface area contributed by atoms with Gasteiger partial charge in [0.2, 0.25) is 10.0 Å². The molecule has 7 nitrogen and oxygen atoms in total. The predicted octanol–water partition coefficient (Wildman–Crippen LogP) is 3.87. The molecule has 3 rings (SSSR count). The van der Waals surface area contributed by atoms with Gasteiger partial charge in [-0.3, -0.25) is 4.79 Å². The summed E-state index contributed by atoms with van der Waals surface area (Å²) < 4.78 is 38.9. The first kappa shape index (κ1) is 19.9. The molecule has 0 unspecified atom stereocenters. The van der Waals surface area contributed by atoms with E-state index in [0.29, 0.717) is 30.1 Å². The molecular weight excluding hydrogens is 436 g/mol. The lowest BCUT2D eigenvalue weighted by atomic mass is 10.2. The summed E-state index contributed by atoms with van der Waals surface area (Å²) in [6.07, 6.45) is 2.71. The van der Waals surface area contributed by atoms with E-state index in [1.54, 1.807) is 25.1 Å². The predicted molar refractivity (Wildman–Crippen MR) is 105 cm³/mol. The van der Waals surface area contributed by atoms with Crippen molar-refractivity contribution in [2.24, 2.45) is 0 Å². The first-order valence-electron chi connectivity index (χ1n) is 8.75. The number of halogens is 1. The van der Waals surface area contributed by atoms with Gasteiger partial charge in [-0.2, -0.15) is 4.31 Å². The third kappa shape index (κ3) is 4.53. The molecule has 1 amide bonds. The van der Waals surface area contributed by atoms with Gasteiger partial charge < -0.3 is 14.5 Å². The minimum Gasteiger partial charge on any atom is -0.492 e. The number of sulfonamides is 1. The number of rotatable bonds is 6. The Morgan fingerprint density at radius 1 is 1.22 bits per heavy atom. The number of nitrogens with one attached hydrogen (secondary N) is 1. The molecule has 0 atom stereocenters. The number of benzene rings is 1. The summed E-state index contributed by atoms with van der Waals surface area (Å²) in [5.74, 6) is -0.0656. The maximum absolute atomic E-state index is 13.1. The second-order valence-corrected chi connectivity index (χ2v) is 8.81. The lowest BCUT2D eigenvalue weighted by molar-refractivity contribution is 0.0995. The summed E-state index contributed by atoms with van der Waals surface area (Å²) >= 11 is 3.15. The summed E-state index contributed by atoms with van der Waals surface area (Å²) in [4.78, 5) is 12.3. The number of amides is 1. The van der Waals surface area contributed by atoms with Crippen LogP contribution >= 0.6 is 15.9 Å². The van der Waals surface area contributed by atoms with Gasteiger partial charge in [0.25, 0.3) is 5.91 Å². The molecule has 1 N–H and O–H groups in total. The highest BCUT2D eigenvalue weighted by atomic mass is 79.9. The fourth-order valence-electron chi connectivity index (χ4n) is 2.94. The van der Waals surface area contributed by atoms with E-state index in [1.165, 1.54) is 16.4 Å². The average Bonchev–Trinajstić information content (AvgIpc) is 3.10. The summed E-state index contributed by atoms with van der Waals surface area (Å²) in [5.41, 5.74) is 0.353. The molecule has 1 aliphatic heterocycles. The van der Waals surface area contributed by atoms with Gasteiger partial charge in [0.1, 0.15) is 10.6 Å². The van der Waals surface area contributed by atoms with Crippen LogP contribution in [0.3, 0.4) is 0 Å². The number of nitrogens with zero attached hydrogens (tertiary/aromatic N) is 1. The molecule has 146 valence electrons. The Labute approximate surface area is 166 Å². The van der Waals surface area contributed by atoms with Gasteiger partial charge in [0.15, 0.2) is 10.4 Å². The zero-order valence-electron chi connectivity index (χ0n) is 14.9. The van der Waals surface area contributed by atoms with E-state index in [4.69, 9.17) is 9.15 Å². The van der Waals surface area contributed by atoms with Crippen LogP contribution in [-0.4, -0.2) is 38.3 Å². The van der Waals surface area contributed by atoms with Crippen molar-refractivity contribution >= 4 is 37.5 Å². The standard InChI is InChI=1S/C18H21BrN2O5S/c1-2-25-14-7-6-13(20-18(22)15-8-9-17(19)26-15)12-16(14)27(23,24)21-10-4-3-5-11-21/h6-9,12H,2-5,10-11H2,1H3,(H,20,22). The van der Waals surface area contributed by atoms with Crippen molar-refractivity contribution in [1.29, 1.82) is 0 Å². The lowest BCUT2D eigenvalue weighted by Gasteiger charge is -2.27. The molecular formula is C18H21BrN2O5S. The van der Waals surface area contributed by atoms with Crippen molar-refractivity contribution in [1.82, 2.24) is 4.31 Å². The number of carbonyl (C=O) groups is 1. The topological polar surface area (TPSA) is 88.8 Å². The summed E-state index contributed by atoms with van der Waals surface area (Å²) in [7, 11) is -3.71. The van der Waals surface area contributed by atoms with Gasteiger partial charge >= 0.3 is 0 Å². The zero-order valence-corrected chi connectivity index (χ0v) is 17.3. The lowest BCUT2D eigenvalue weighted by Crippen LogP contribution is -2.35. The highest BCUT2D eigenvalue weighted by Crippen LogP contribution is 2.31. The Morgan fingerprint density at radius 2 is 1.96 bits per heavy atom. The van der Waals surface area contributed by atoms with E-state index in [2.05, 4.69) is 21.2 Å². The van der Waals surface area contributed by atoms with Gasteiger partial charge in [0.05, 0.1) is 6.61 Å². The normalized spacial score (nSPS) is 15.5. The second kappa shape index (κ2) is 8.45. The van der Waals surface area contributed by atoms with E-state index < -0.39 is 15.9 Å². The number of carbonyl (C=O) groups excluding carboxylic acids is 1. The van der Waals surface area contributed by atoms with Crippen molar-refractivity contribution in [3.63, 3.8) is 0 Å². The first-order valence-corrected chi connectivity index (χ1v) is 11.0. The van der Waals surface area contributed by atoms with Crippen LogP contribution in [0.4, 0.5) is 5.69 Å². The monoisotopic (exact) mass is 456 g/mol. The van der Waals surface area contributed by atoms with Crippen LogP contribution in [-0.2, 0) is 10.0 Å². The molecule has 1 aliphatic rings. The molecule has 1 aromatic carbocycles. The Hall–Kier alpha value is -1.84. The molecule has 2 heterocycles. The number of hydrogen-bond donors (Lipinski definition) is 1. The van der Waals surface area contributed by atoms with Crippen molar-refractivity contribution in [2.45, 2.75) is 31.1 Å². The van der Waals surface area contributed by atoms with Gasteiger partial charge in [-0.1, -0.05) is 6.42 Å². The number of ether oxygens (including phenoxy) is 1. The number of piperidine rings is 1. The van der Waals surface area contributed by atoms with Gasteiger partial charge in [-0.25, -0.2) is 8.42 Å². The summed E-state index contributed by atoms with van der Waals surface area (Å²) in [6.45, 7) is 3.12. The molecule has 2 aromatic rings. The highest BCUT2D eigenvalue weighted by Gasteiger charge is 2.29. The van der Waals surface area contributed by atoms with Gasteiger partial charge in [-0.05, 0) is 66.0 Å². The molecule has 1 fully saturated rings. The van der Waals surface area contributed by atoms with Crippen LogP contribution in [0.1, 0.15) is 36.7 Å². The van der Waals surface area contributed by atoms with E-state index in [0.717, 1.165) is 19.3 Å². The molecule has 1 saturated heterocycles. The van der Waals surface area contributed by atoms with E-state index in [1.807, 2.05) is 0 Å². The SMILES string of the molecule is CCOc1ccc(NC(=O)c2ccc(Br)o2)cc1S(=O)(=O)N1CCCCC1. The summed E-state index contributed by atoms with van der Waals surface area (Å²) in [5, 5.41) is 2.66. The maximum Gasteiger partial charge on any atom is 0.291 e. The van der Waals surface area contributed by atoms with Crippen LogP contribution in [0.5, 0.6) is 5.75 Å². The number of hydrogen-bond acceptors (Lipinski definition) is 5. The zero-order chi connectivity index (χ0) is 19.4. The third-order valence-electron chi connectivity index (χ3n) is 4.23. The van der Waals surface area contributed by atoms with Crippen LogP contribution in [0, 0.1) is 0 Å². The maximum atomic E-state index is 13.1. The second-order valence-electron chi connectivity index (χ2n) is 6.12. The molecule has 0 saturated carbocycles. The summed E-state index contributed by atoms with van der Waals surface area (Å²) in [6, 6.07) is 7.74. The fraction of sp³-hybridized carbons (Fsp3) is 0.389. The Bertz CT molecular complexity index is 920. The van der Waals surface area contributed by atoms with Crippen LogP contribution < -0.4 is 10.1 Å². The van der Waals surface area contributed by atoms with E-state index >= 15 is 0 Å². The van der Waals surface area contributed by atoms with Gasteiger partial charge in [0, 0.05) is 18.8 Å².